The molecule has 0 aliphatic heterocycles. The van der Waals surface area contributed by atoms with Gasteiger partial charge in [0.25, 0.3) is 0 Å². The van der Waals surface area contributed by atoms with Gasteiger partial charge in [-0.15, -0.1) is 0 Å². The summed E-state index contributed by atoms with van der Waals surface area (Å²) in [5, 5.41) is 10.2. The molecule has 0 atom stereocenters. The number of ether oxygens (including phenoxy) is 1. The van der Waals surface area contributed by atoms with Crippen molar-refractivity contribution in [1.82, 2.24) is 10.1 Å². The van der Waals surface area contributed by atoms with E-state index in [1.165, 1.54) is 0 Å². The largest absolute Gasteiger partial charge is 0.497 e. The molecule has 2 heterocycles. The number of nitrogens with zero attached hydrogens (tertiary/aromatic N) is 2. The van der Waals surface area contributed by atoms with Crippen molar-refractivity contribution in [2.24, 2.45) is 0 Å². The van der Waals surface area contributed by atoms with Gasteiger partial charge in [-0.05, 0) is 23.8 Å². The number of pyridine rings is 1. The minimum absolute atomic E-state index is 0.637. The van der Waals surface area contributed by atoms with E-state index in [1.54, 1.807) is 20.4 Å². The maximum Gasteiger partial charge on any atom is 0.210 e. The first-order valence-electron chi connectivity index (χ1n) is 6.60. The highest BCUT2D eigenvalue weighted by Gasteiger charge is 2.11. The molecule has 0 saturated carbocycles. The summed E-state index contributed by atoms with van der Waals surface area (Å²) in [5.74, 6) is 1.48. The van der Waals surface area contributed by atoms with Gasteiger partial charge >= 0.3 is 0 Å². The number of hydrogen-bond donors (Lipinski definition) is 2. The quantitative estimate of drug-likeness (QED) is 0.750. The van der Waals surface area contributed by atoms with Crippen LogP contribution in [0.4, 0.5) is 11.5 Å². The number of rotatable bonds is 5. The van der Waals surface area contributed by atoms with E-state index in [0.29, 0.717) is 17.9 Å². The minimum atomic E-state index is 0.637. The lowest BCUT2D eigenvalue weighted by molar-refractivity contribution is 0.414. The molecule has 0 spiro atoms. The Morgan fingerprint density at radius 3 is 2.71 bits per heavy atom. The molecule has 2 N–H and O–H groups in total. The topological polar surface area (TPSA) is 72.2 Å². The van der Waals surface area contributed by atoms with Crippen molar-refractivity contribution in [1.29, 1.82) is 0 Å². The van der Waals surface area contributed by atoms with Crippen molar-refractivity contribution in [3.8, 4) is 5.75 Å². The summed E-state index contributed by atoms with van der Waals surface area (Å²) in [5.41, 5.74) is 3.38. The monoisotopic (exact) mass is 284 g/mol. The Bertz CT molecular complexity index is 737. The van der Waals surface area contributed by atoms with Crippen LogP contribution in [0.3, 0.4) is 0 Å². The van der Waals surface area contributed by atoms with Crippen LogP contribution in [-0.2, 0) is 6.54 Å². The molecule has 0 aliphatic rings. The van der Waals surface area contributed by atoms with Crippen molar-refractivity contribution >= 4 is 22.6 Å². The second kappa shape index (κ2) is 5.70. The molecule has 0 amide bonds. The Morgan fingerprint density at radius 1 is 1.19 bits per heavy atom. The number of benzene rings is 1. The first-order chi connectivity index (χ1) is 10.3. The lowest BCUT2D eigenvalue weighted by Crippen LogP contribution is -2.00. The van der Waals surface area contributed by atoms with Crippen LogP contribution in [0.2, 0.25) is 0 Å². The molecule has 2 aromatic heterocycles. The Labute approximate surface area is 122 Å². The summed E-state index contributed by atoms with van der Waals surface area (Å²) >= 11 is 0. The van der Waals surface area contributed by atoms with Gasteiger partial charge in [0.15, 0.2) is 11.3 Å². The fourth-order valence-electron chi connectivity index (χ4n) is 2.09. The molecule has 6 nitrogen and oxygen atoms in total. The van der Waals surface area contributed by atoms with E-state index >= 15 is 0 Å². The van der Waals surface area contributed by atoms with E-state index in [1.807, 2.05) is 30.3 Å². The highest BCUT2D eigenvalue weighted by atomic mass is 16.5. The van der Waals surface area contributed by atoms with E-state index in [4.69, 9.17) is 9.26 Å². The van der Waals surface area contributed by atoms with Gasteiger partial charge in [-0.3, -0.25) is 0 Å². The van der Waals surface area contributed by atoms with Crippen molar-refractivity contribution in [2.75, 3.05) is 24.8 Å². The fraction of sp³-hybridized carbons (Fsp3) is 0.200. The van der Waals surface area contributed by atoms with Crippen LogP contribution in [0.5, 0.6) is 5.75 Å². The molecule has 0 unspecified atom stereocenters. The van der Waals surface area contributed by atoms with Crippen molar-refractivity contribution in [3.05, 3.63) is 42.1 Å². The number of anilines is 2. The molecule has 3 rings (SSSR count). The number of methoxy groups -OCH3 is 1. The third-order valence-corrected chi connectivity index (χ3v) is 3.24. The second-order valence-electron chi connectivity index (χ2n) is 4.52. The molecule has 21 heavy (non-hydrogen) atoms. The van der Waals surface area contributed by atoms with Crippen LogP contribution in [-0.4, -0.2) is 24.3 Å². The smallest absolute Gasteiger partial charge is 0.210 e. The number of fused-ring (bicyclic) bond motifs is 1. The fourth-order valence-corrected chi connectivity index (χ4v) is 2.09. The molecule has 6 heteroatoms. The number of hydrogen-bond acceptors (Lipinski definition) is 6. The van der Waals surface area contributed by atoms with Gasteiger partial charge in [0.05, 0.1) is 12.8 Å². The number of aromatic nitrogens is 2. The zero-order valence-corrected chi connectivity index (χ0v) is 11.9. The minimum Gasteiger partial charge on any atom is -0.497 e. The summed E-state index contributed by atoms with van der Waals surface area (Å²) in [6.07, 6.45) is 1.73. The van der Waals surface area contributed by atoms with Crippen molar-refractivity contribution < 1.29 is 9.26 Å². The third-order valence-electron chi connectivity index (χ3n) is 3.24. The van der Waals surface area contributed by atoms with Gasteiger partial charge in [0, 0.05) is 19.8 Å². The van der Waals surface area contributed by atoms with Gasteiger partial charge in [0.2, 0.25) is 5.58 Å². The van der Waals surface area contributed by atoms with Gasteiger partial charge < -0.3 is 19.9 Å². The van der Waals surface area contributed by atoms with E-state index in [9.17, 15) is 0 Å². The highest BCUT2D eigenvalue weighted by molar-refractivity contribution is 5.92. The second-order valence-corrected chi connectivity index (χ2v) is 4.52. The predicted octanol–water partition coefficient (Wildman–Crippen LogP) is 2.89. The predicted molar refractivity (Wildman–Crippen MR) is 81.7 cm³/mol. The van der Waals surface area contributed by atoms with E-state index in [0.717, 1.165) is 22.5 Å². The first-order valence-corrected chi connectivity index (χ1v) is 6.60. The zero-order valence-electron chi connectivity index (χ0n) is 11.9. The van der Waals surface area contributed by atoms with E-state index in [2.05, 4.69) is 20.8 Å². The van der Waals surface area contributed by atoms with Crippen LogP contribution in [0.25, 0.3) is 11.1 Å². The summed E-state index contributed by atoms with van der Waals surface area (Å²) < 4.78 is 10.5. The molecular formula is C15H16N4O2. The molecular weight excluding hydrogens is 268 g/mol. The van der Waals surface area contributed by atoms with Crippen molar-refractivity contribution in [3.63, 3.8) is 0 Å². The third kappa shape index (κ3) is 2.60. The Hall–Kier alpha value is -2.76. The van der Waals surface area contributed by atoms with Gasteiger partial charge in [0.1, 0.15) is 5.75 Å². The molecule has 108 valence electrons. The average Bonchev–Trinajstić information content (AvgIpc) is 2.97. The summed E-state index contributed by atoms with van der Waals surface area (Å²) in [4.78, 5) is 4.28. The van der Waals surface area contributed by atoms with Crippen LogP contribution in [0.15, 0.2) is 41.1 Å². The standard InChI is InChI=1S/C15H16N4O2/c1-16-15-13-14(21-19-15)12(7-8-17-13)18-9-10-3-5-11(20-2)6-4-10/h3-8H,9H2,1-2H3,(H,16,19)(H,17,18). The summed E-state index contributed by atoms with van der Waals surface area (Å²) in [6.45, 7) is 0.679. The molecule has 0 aliphatic carbocycles. The summed E-state index contributed by atoms with van der Waals surface area (Å²) in [7, 11) is 3.45. The maximum atomic E-state index is 5.34. The number of nitrogens with one attached hydrogen (secondary N) is 2. The molecule has 0 bridgehead atoms. The Balaban J connectivity index is 1.79. The lowest BCUT2D eigenvalue weighted by atomic mass is 10.2. The van der Waals surface area contributed by atoms with E-state index in [-0.39, 0.29) is 0 Å². The van der Waals surface area contributed by atoms with Gasteiger partial charge in [-0.1, -0.05) is 17.3 Å². The summed E-state index contributed by atoms with van der Waals surface area (Å²) in [6, 6.07) is 9.78. The normalized spacial score (nSPS) is 10.6. The highest BCUT2D eigenvalue weighted by Crippen LogP contribution is 2.27. The molecule has 0 fully saturated rings. The van der Waals surface area contributed by atoms with E-state index < -0.39 is 0 Å². The first kappa shape index (κ1) is 13.2. The molecule has 0 saturated heterocycles. The van der Waals surface area contributed by atoms with Crippen molar-refractivity contribution in [2.45, 2.75) is 6.54 Å². The Morgan fingerprint density at radius 2 is 2.00 bits per heavy atom. The van der Waals surface area contributed by atoms with Crippen LogP contribution >= 0.6 is 0 Å². The van der Waals surface area contributed by atoms with Crippen LogP contribution < -0.4 is 15.4 Å². The van der Waals surface area contributed by atoms with Gasteiger partial charge in [-0.2, -0.15) is 0 Å². The molecule has 1 aromatic carbocycles. The molecule has 0 radical (unpaired) electrons. The SMILES string of the molecule is CNc1noc2c(NCc3ccc(OC)cc3)ccnc12. The zero-order chi connectivity index (χ0) is 14.7. The lowest BCUT2D eigenvalue weighted by Gasteiger charge is -2.07. The van der Waals surface area contributed by atoms with Crippen LogP contribution in [0.1, 0.15) is 5.56 Å². The van der Waals surface area contributed by atoms with Gasteiger partial charge in [-0.25, -0.2) is 4.98 Å². The molecule has 3 aromatic rings. The van der Waals surface area contributed by atoms with Crippen LogP contribution in [0, 0.1) is 0 Å². The Kier molecular flexibility index (Phi) is 3.59. The maximum absolute atomic E-state index is 5.34. The average molecular weight is 284 g/mol.